The highest BCUT2D eigenvalue weighted by atomic mass is 19.4. The molecule has 0 bridgehead atoms. The molecule has 2 rings (SSSR count). The van der Waals surface area contributed by atoms with Crippen LogP contribution in [0, 0.1) is 0 Å². The second-order valence-corrected chi connectivity index (χ2v) is 3.92. The number of halogens is 6. The number of nitrogens with zero attached hydrogens (tertiary/aromatic N) is 1. The highest BCUT2D eigenvalue weighted by Gasteiger charge is 2.37. The Hall–Kier alpha value is -1.83. The third-order valence-corrected chi connectivity index (χ3v) is 2.61. The van der Waals surface area contributed by atoms with E-state index in [4.69, 9.17) is 1.37 Å². The van der Waals surface area contributed by atoms with Crippen LogP contribution in [-0.4, -0.2) is 10.1 Å². The minimum atomic E-state index is -4.99. The van der Waals surface area contributed by atoms with Gasteiger partial charge in [0.25, 0.3) is 0 Å². The lowest BCUT2D eigenvalue weighted by atomic mass is 10.0. The number of aliphatic hydroxyl groups is 1. The zero-order valence-electron chi connectivity index (χ0n) is 10.5. The molecule has 1 atom stereocenters. The summed E-state index contributed by atoms with van der Waals surface area (Å²) in [7, 11) is 0. The number of alkyl halides is 6. The molecule has 0 saturated heterocycles. The molecule has 108 valence electrons. The molecular weight excluding hydrogens is 288 g/mol. The zero-order chi connectivity index (χ0) is 16.0. The fraction of sp³-hybridized carbons (Fsp3) is 0.250. The van der Waals surface area contributed by atoms with Crippen LogP contribution in [0.1, 0.15) is 18.2 Å². The highest BCUT2D eigenvalue weighted by Crippen LogP contribution is 2.37. The number of para-hydroxylation sites is 1. The van der Waals surface area contributed by atoms with Gasteiger partial charge in [0, 0.05) is 5.39 Å². The second kappa shape index (κ2) is 4.62. The average molecular weight is 296 g/mol. The fourth-order valence-corrected chi connectivity index (χ4v) is 1.76. The normalized spacial score (nSPS) is 15.2. The third kappa shape index (κ3) is 2.55. The molecule has 20 heavy (non-hydrogen) atoms. The lowest BCUT2D eigenvalue weighted by molar-refractivity contribution is -0.142. The molecule has 0 aliphatic rings. The minimum Gasteiger partial charge on any atom is -0.392 e. The van der Waals surface area contributed by atoms with E-state index >= 15 is 0 Å². The van der Waals surface area contributed by atoms with Gasteiger partial charge in [-0.05, 0) is 17.7 Å². The Morgan fingerprint density at radius 2 is 1.75 bits per heavy atom. The van der Waals surface area contributed by atoms with Crippen molar-refractivity contribution in [2.24, 2.45) is 0 Å². The smallest absolute Gasteiger partial charge is 0.392 e. The van der Waals surface area contributed by atoms with Crippen LogP contribution in [0.25, 0.3) is 10.9 Å². The van der Waals surface area contributed by atoms with Crippen LogP contribution in [0.4, 0.5) is 26.3 Å². The van der Waals surface area contributed by atoms with Crippen molar-refractivity contribution in [3.8, 4) is 0 Å². The predicted molar refractivity (Wildman–Crippen MR) is 57.7 cm³/mol. The summed E-state index contributed by atoms with van der Waals surface area (Å²) < 4.78 is 83.8. The monoisotopic (exact) mass is 296 g/mol. The van der Waals surface area contributed by atoms with Gasteiger partial charge in [-0.2, -0.15) is 26.3 Å². The van der Waals surface area contributed by atoms with Crippen molar-refractivity contribution < 1.29 is 32.8 Å². The van der Waals surface area contributed by atoms with E-state index in [1.807, 2.05) is 0 Å². The molecule has 8 heteroatoms. The van der Waals surface area contributed by atoms with E-state index in [0.717, 1.165) is 12.1 Å². The molecule has 0 aliphatic heterocycles. The molecule has 0 saturated carbocycles. The fourth-order valence-electron chi connectivity index (χ4n) is 1.76. The lowest BCUT2D eigenvalue weighted by Gasteiger charge is -2.14. The maximum absolute atomic E-state index is 12.8. The van der Waals surface area contributed by atoms with Crippen LogP contribution in [0.15, 0.2) is 24.3 Å². The van der Waals surface area contributed by atoms with E-state index in [2.05, 4.69) is 4.98 Å². The second-order valence-electron chi connectivity index (χ2n) is 3.92. The number of fused-ring (bicyclic) bond motifs is 1. The summed E-state index contributed by atoms with van der Waals surface area (Å²) in [5.74, 6) is 0. The van der Waals surface area contributed by atoms with Crippen LogP contribution in [0.5, 0.6) is 0 Å². The molecule has 0 fully saturated rings. The Balaban J connectivity index is 2.91. The molecule has 2 nitrogen and oxygen atoms in total. The lowest BCUT2D eigenvalue weighted by Crippen LogP contribution is -2.12. The Bertz CT molecular complexity index is 680. The maximum atomic E-state index is 12.8. The topological polar surface area (TPSA) is 33.1 Å². The first-order valence-corrected chi connectivity index (χ1v) is 5.20. The Morgan fingerprint density at radius 3 is 2.25 bits per heavy atom. The maximum Gasteiger partial charge on any atom is 0.433 e. The number of benzene rings is 1. The van der Waals surface area contributed by atoms with Gasteiger partial charge in [0.05, 0.1) is 19.0 Å². The number of aliphatic hydroxyl groups excluding tert-OH is 1. The van der Waals surface area contributed by atoms with Gasteiger partial charge in [-0.1, -0.05) is 12.1 Å². The van der Waals surface area contributed by atoms with E-state index in [1.54, 1.807) is 0 Å². The summed E-state index contributed by atoms with van der Waals surface area (Å²) in [6.07, 6.45) is -9.89. The summed E-state index contributed by atoms with van der Waals surface area (Å²) in [4.78, 5) is 3.02. The van der Waals surface area contributed by atoms with Gasteiger partial charge in [-0.3, -0.25) is 0 Å². The number of pyridine rings is 1. The average Bonchev–Trinajstić information content (AvgIpc) is 2.34. The molecule has 1 aromatic carbocycles. The summed E-state index contributed by atoms with van der Waals surface area (Å²) >= 11 is 0. The molecule has 0 amide bonds. The number of hydrogen-bond acceptors (Lipinski definition) is 2. The summed E-state index contributed by atoms with van der Waals surface area (Å²) in [6, 6.07) is 3.02. The van der Waals surface area contributed by atoms with E-state index in [0.29, 0.717) is 12.1 Å². The number of rotatable bonds is 1. The van der Waals surface area contributed by atoms with Crippen molar-refractivity contribution in [3.63, 3.8) is 0 Å². The van der Waals surface area contributed by atoms with E-state index in [-0.39, 0.29) is 5.39 Å². The van der Waals surface area contributed by atoms with Gasteiger partial charge in [0.2, 0.25) is 0 Å². The van der Waals surface area contributed by atoms with Crippen LogP contribution in [0.3, 0.4) is 0 Å². The quantitative estimate of drug-likeness (QED) is 0.813. The first kappa shape index (κ1) is 13.2. The molecule has 0 radical (unpaired) electrons. The van der Waals surface area contributed by atoms with Crippen molar-refractivity contribution in [3.05, 3.63) is 41.1 Å². The first-order chi connectivity index (χ1) is 9.51. The van der Waals surface area contributed by atoms with Gasteiger partial charge in [-0.15, -0.1) is 0 Å². The van der Waals surface area contributed by atoms with Gasteiger partial charge < -0.3 is 5.11 Å². The van der Waals surface area contributed by atoms with E-state index < -0.39 is 41.3 Å². The Morgan fingerprint density at radius 1 is 1.10 bits per heavy atom. The van der Waals surface area contributed by atoms with Gasteiger partial charge in [0.1, 0.15) is 5.69 Å². The molecule has 1 unspecified atom stereocenters. The van der Waals surface area contributed by atoms with E-state index in [1.165, 1.54) is 0 Å². The highest BCUT2D eigenvalue weighted by molar-refractivity contribution is 5.85. The van der Waals surface area contributed by atoms with Crippen LogP contribution in [-0.2, 0) is 18.9 Å². The SMILES string of the molecule is [2H]C(O)c1cc(C(F)(F)F)nc2c(C(F)(F)F)cccc12. The van der Waals surface area contributed by atoms with Gasteiger partial charge in [0.15, 0.2) is 0 Å². The standard InChI is InChI=1S/C12H7F6NO/c13-11(14,15)8-3-1-2-7-6(5-20)4-9(12(16,17)18)19-10(7)8/h1-4,20H,5H2/i5D. The van der Waals surface area contributed by atoms with Crippen molar-refractivity contribution in [1.29, 1.82) is 0 Å². The largest absolute Gasteiger partial charge is 0.433 e. The van der Waals surface area contributed by atoms with Crippen molar-refractivity contribution >= 4 is 10.9 Å². The Kier molecular flexibility index (Phi) is 3.04. The predicted octanol–water partition coefficient (Wildman–Crippen LogP) is 3.76. The zero-order valence-corrected chi connectivity index (χ0v) is 9.55. The first-order valence-electron chi connectivity index (χ1n) is 5.78. The summed E-state index contributed by atoms with van der Waals surface area (Å²) in [6.45, 7) is -2.11. The third-order valence-electron chi connectivity index (χ3n) is 2.61. The van der Waals surface area contributed by atoms with Crippen LogP contribution >= 0.6 is 0 Å². The Labute approximate surface area is 110 Å². The molecule has 1 heterocycles. The van der Waals surface area contributed by atoms with Gasteiger partial charge >= 0.3 is 12.4 Å². The van der Waals surface area contributed by atoms with Crippen molar-refractivity contribution in [1.82, 2.24) is 4.98 Å². The molecule has 0 spiro atoms. The minimum absolute atomic E-state index is 0.347. The molecule has 1 aromatic heterocycles. The van der Waals surface area contributed by atoms with Crippen LogP contribution < -0.4 is 0 Å². The molecule has 2 aromatic rings. The van der Waals surface area contributed by atoms with Gasteiger partial charge in [-0.25, -0.2) is 4.98 Å². The molecule has 1 N–H and O–H groups in total. The van der Waals surface area contributed by atoms with E-state index in [9.17, 15) is 31.4 Å². The number of aromatic nitrogens is 1. The van der Waals surface area contributed by atoms with Crippen molar-refractivity contribution in [2.45, 2.75) is 18.9 Å². The summed E-state index contributed by atoms with van der Waals surface area (Å²) in [5.41, 5.74) is -4.47. The van der Waals surface area contributed by atoms with Crippen molar-refractivity contribution in [2.75, 3.05) is 0 Å². The molecule has 0 aliphatic carbocycles. The number of hydrogen-bond donors (Lipinski definition) is 1. The summed E-state index contributed by atoms with van der Waals surface area (Å²) in [5, 5.41) is 8.85. The van der Waals surface area contributed by atoms with Crippen LogP contribution in [0.2, 0.25) is 0 Å². The molecular formula is C12H7F6NO.